The van der Waals surface area contributed by atoms with Gasteiger partial charge in [0.1, 0.15) is 5.01 Å². The van der Waals surface area contributed by atoms with Crippen LogP contribution in [0.2, 0.25) is 0 Å². The maximum atomic E-state index is 13.1. The number of benzene rings is 1. The molecule has 1 saturated heterocycles. The van der Waals surface area contributed by atoms with Gasteiger partial charge in [-0.1, -0.05) is 31.3 Å². The number of carbonyl (C=O) groups is 1. The average molecular weight is 421 g/mol. The van der Waals surface area contributed by atoms with Gasteiger partial charge >= 0.3 is 0 Å². The molecular weight excluding hydrogens is 396 g/mol. The average Bonchev–Trinajstić information content (AvgIpc) is 3.40. The van der Waals surface area contributed by atoms with E-state index in [1.165, 1.54) is 21.7 Å². The second-order valence-electron chi connectivity index (χ2n) is 7.97. The van der Waals surface area contributed by atoms with Crippen LogP contribution in [-0.2, 0) is 10.0 Å². The molecule has 2 heterocycles. The summed E-state index contributed by atoms with van der Waals surface area (Å²) in [7, 11) is -3.63. The van der Waals surface area contributed by atoms with Crippen LogP contribution in [0.4, 0.5) is 5.13 Å². The third kappa shape index (κ3) is 4.11. The Bertz CT molecular complexity index is 975. The molecule has 0 bridgehead atoms. The van der Waals surface area contributed by atoms with Crippen LogP contribution in [0.25, 0.3) is 0 Å². The van der Waals surface area contributed by atoms with E-state index < -0.39 is 10.0 Å². The number of carbonyl (C=O) groups excluding carboxylic acids is 1. The molecule has 1 aliphatic heterocycles. The molecule has 1 aliphatic carbocycles. The fraction of sp³-hybridized carbons (Fsp3) is 0.526. The van der Waals surface area contributed by atoms with Crippen molar-refractivity contribution in [1.29, 1.82) is 0 Å². The molecule has 7 nitrogen and oxygen atoms in total. The van der Waals surface area contributed by atoms with Crippen molar-refractivity contribution in [3.63, 3.8) is 0 Å². The summed E-state index contributed by atoms with van der Waals surface area (Å²) in [6.07, 6.45) is 3.27. The number of amides is 1. The molecule has 4 rings (SSSR count). The van der Waals surface area contributed by atoms with Crippen molar-refractivity contribution in [2.45, 2.75) is 43.9 Å². The molecule has 0 radical (unpaired) electrons. The van der Waals surface area contributed by atoms with Crippen LogP contribution in [0.3, 0.4) is 0 Å². The Kier molecular flexibility index (Phi) is 5.24. The second kappa shape index (κ2) is 7.53. The number of rotatable bonds is 5. The monoisotopic (exact) mass is 420 g/mol. The topological polar surface area (TPSA) is 92.3 Å². The van der Waals surface area contributed by atoms with Gasteiger partial charge in [-0.3, -0.25) is 10.1 Å². The van der Waals surface area contributed by atoms with Crippen LogP contribution in [0.15, 0.2) is 29.2 Å². The molecule has 9 heteroatoms. The second-order valence-corrected chi connectivity index (χ2v) is 10.9. The maximum absolute atomic E-state index is 13.1. The molecule has 1 amide bonds. The lowest BCUT2D eigenvalue weighted by atomic mass is 9.94. The molecule has 1 saturated carbocycles. The van der Waals surface area contributed by atoms with Crippen molar-refractivity contribution in [2.24, 2.45) is 11.8 Å². The van der Waals surface area contributed by atoms with Crippen molar-refractivity contribution >= 4 is 32.4 Å². The maximum Gasteiger partial charge on any atom is 0.257 e. The normalized spacial score (nSPS) is 23.5. The van der Waals surface area contributed by atoms with Gasteiger partial charge in [-0.05, 0) is 49.3 Å². The van der Waals surface area contributed by atoms with Crippen LogP contribution < -0.4 is 5.32 Å². The van der Waals surface area contributed by atoms with Crippen molar-refractivity contribution in [3.05, 3.63) is 34.8 Å². The first-order valence-corrected chi connectivity index (χ1v) is 11.8. The first kappa shape index (κ1) is 19.5. The van der Waals surface area contributed by atoms with Crippen LogP contribution >= 0.6 is 11.3 Å². The highest BCUT2D eigenvalue weighted by Crippen LogP contribution is 2.42. The summed E-state index contributed by atoms with van der Waals surface area (Å²) in [5.41, 5.74) is 0.294. The minimum absolute atomic E-state index is 0.150. The summed E-state index contributed by atoms with van der Waals surface area (Å²) in [5, 5.41) is 12.2. The van der Waals surface area contributed by atoms with E-state index in [-0.39, 0.29) is 10.8 Å². The molecule has 2 aliphatic rings. The lowest BCUT2D eigenvalue weighted by Gasteiger charge is -2.34. The van der Waals surface area contributed by atoms with Crippen LogP contribution in [0, 0.1) is 11.8 Å². The van der Waals surface area contributed by atoms with Crippen LogP contribution in [-0.4, -0.2) is 41.9 Å². The first-order valence-electron chi connectivity index (χ1n) is 9.58. The fourth-order valence-corrected chi connectivity index (χ4v) is 6.33. The molecule has 0 spiro atoms. The molecule has 1 N–H and O–H groups in total. The van der Waals surface area contributed by atoms with E-state index in [0.717, 1.165) is 24.3 Å². The Hall–Kier alpha value is -1.84. The highest BCUT2D eigenvalue weighted by molar-refractivity contribution is 7.89. The first-order chi connectivity index (χ1) is 13.3. The van der Waals surface area contributed by atoms with E-state index in [1.807, 2.05) is 0 Å². The van der Waals surface area contributed by atoms with Gasteiger partial charge in [-0.25, -0.2) is 8.42 Å². The number of nitrogens with one attached hydrogen (secondary N) is 1. The summed E-state index contributed by atoms with van der Waals surface area (Å²) >= 11 is 1.38. The number of hydrogen-bond donors (Lipinski definition) is 1. The van der Waals surface area contributed by atoms with E-state index in [9.17, 15) is 13.2 Å². The van der Waals surface area contributed by atoms with Gasteiger partial charge in [0.25, 0.3) is 5.91 Å². The van der Waals surface area contributed by atoms with Gasteiger partial charge in [0.15, 0.2) is 0 Å². The number of nitrogens with zero attached hydrogens (tertiary/aromatic N) is 3. The number of piperidine rings is 1. The molecule has 28 heavy (non-hydrogen) atoms. The summed E-state index contributed by atoms with van der Waals surface area (Å²) in [6, 6.07) is 6.20. The van der Waals surface area contributed by atoms with E-state index in [1.54, 1.807) is 18.2 Å². The van der Waals surface area contributed by atoms with Gasteiger partial charge in [0.05, 0.1) is 4.90 Å². The number of aromatic nitrogens is 2. The Morgan fingerprint density at radius 3 is 2.57 bits per heavy atom. The number of sulfonamides is 1. The zero-order valence-corrected chi connectivity index (χ0v) is 17.6. The minimum Gasteiger partial charge on any atom is -0.296 e. The lowest BCUT2D eigenvalue weighted by molar-refractivity contribution is 0.102. The zero-order valence-electron chi connectivity index (χ0n) is 16.0. The Labute approximate surface area is 169 Å². The predicted molar refractivity (Wildman–Crippen MR) is 108 cm³/mol. The molecule has 150 valence electrons. The zero-order chi connectivity index (χ0) is 19.9. The smallest absolute Gasteiger partial charge is 0.257 e. The molecule has 2 fully saturated rings. The lowest BCUT2D eigenvalue weighted by Crippen LogP contribution is -2.42. The highest BCUT2D eigenvalue weighted by atomic mass is 32.2. The molecule has 2 unspecified atom stereocenters. The SMILES string of the molecule is CC1CC(C)CN(S(=O)(=O)c2cccc(C(=O)Nc3nnc(C4CC4)s3)c2)C1. The Morgan fingerprint density at radius 2 is 1.89 bits per heavy atom. The van der Waals surface area contributed by atoms with Crippen molar-refractivity contribution in [2.75, 3.05) is 18.4 Å². The Balaban J connectivity index is 1.52. The van der Waals surface area contributed by atoms with E-state index in [2.05, 4.69) is 29.4 Å². The van der Waals surface area contributed by atoms with Crippen LogP contribution in [0.1, 0.15) is 54.4 Å². The predicted octanol–water partition coefficient (Wildman–Crippen LogP) is 3.33. The van der Waals surface area contributed by atoms with Gasteiger partial charge in [0, 0.05) is 24.6 Å². The summed E-state index contributed by atoms with van der Waals surface area (Å²) in [6.45, 7) is 5.16. The highest BCUT2D eigenvalue weighted by Gasteiger charge is 2.32. The third-order valence-electron chi connectivity index (χ3n) is 5.16. The molecule has 2 aromatic rings. The quantitative estimate of drug-likeness (QED) is 0.801. The van der Waals surface area contributed by atoms with Gasteiger partial charge in [-0.2, -0.15) is 4.31 Å². The largest absolute Gasteiger partial charge is 0.296 e. The number of anilines is 1. The molecule has 2 atom stereocenters. The fourth-order valence-electron chi connectivity index (χ4n) is 3.70. The standard InChI is InChI=1S/C19H24N4O3S2/c1-12-8-13(2)11-23(10-12)28(25,26)16-5-3-4-15(9-16)17(24)20-19-22-21-18(27-19)14-6-7-14/h3-5,9,12-14H,6-8,10-11H2,1-2H3,(H,20,22,24). The van der Waals surface area contributed by atoms with E-state index in [0.29, 0.717) is 41.5 Å². The molecule has 1 aromatic heterocycles. The van der Waals surface area contributed by atoms with Crippen molar-refractivity contribution in [3.8, 4) is 0 Å². The van der Waals surface area contributed by atoms with Gasteiger partial charge in [0.2, 0.25) is 15.2 Å². The summed E-state index contributed by atoms with van der Waals surface area (Å²) < 4.78 is 27.7. The minimum atomic E-state index is -3.63. The summed E-state index contributed by atoms with van der Waals surface area (Å²) in [4.78, 5) is 12.7. The Morgan fingerprint density at radius 1 is 1.18 bits per heavy atom. The van der Waals surface area contributed by atoms with Gasteiger partial charge < -0.3 is 0 Å². The summed E-state index contributed by atoms with van der Waals surface area (Å²) in [5.74, 6) is 0.744. The van der Waals surface area contributed by atoms with Crippen molar-refractivity contribution < 1.29 is 13.2 Å². The third-order valence-corrected chi connectivity index (χ3v) is 7.99. The number of hydrogen-bond acceptors (Lipinski definition) is 6. The van der Waals surface area contributed by atoms with Crippen LogP contribution in [0.5, 0.6) is 0 Å². The van der Waals surface area contributed by atoms with Gasteiger partial charge in [-0.15, -0.1) is 10.2 Å². The van der Waals surface area contributed by atoms with E-state index in [4.69, 9.17) is 0 Å². The molecular formula is C19H24N4O3S2. The van der Waals surface area contributed by atoms with E-state index >= 15 is 0 Å². The molecule has 1 aromatic carbocycles. The van der Waals surface area contributed by atoms with Crippen molar-refractivity contribution in [1.82, 2.24) is 14.5 Å².